The maximum atomic E-state index is 14.0. The summed E-state index contributed by atoms with van der Waals surface area (Å²) in [6.07, 6.45) is -0.593. The Bertz CT molecular complexity index is 1150. The number of ether oxygens (including phenoxy) is 1. The van der Waals surface area contributed by atoms with Crippen LogP contribution in [0.2, 0.25) is 0 Å². The molecule has 10 heteroatoms. The van der Waals surface area contributed by atoms with Crippen LogP contribution in [-0.2, 0) is 19.7 Å². The van der Waals surface area contributed by atoms with E-state index in [1.54, 1.807) is 4.90 Å². The quantitative estimate of drug-likeness (QED) is 0.411. The Kier molecular flexibility index (Phi) is 6.05. The predicted molar refractivity (Wildman–Crippen MR) is 133 cm³/mol. The smallest absolute Gasteiger partial charge is 0.322 e. The van der Waals surface area contributed by atoms with Crippen molar-refractivity contribution >= 4 is 40.1 Å². The molecule has 0 radical (unpaired) electrons. The van der Waals surface area contributed by atoms with Crippen molar-refractivity contribution in [1.82, 2.24) is 15.1 Å². The average Bonchev–Trinajstić information content (AvgIpc) is 3.38. The number of benzene rings is 2. The summed E-state index contributed by atoms with van der Waals surface area (Å²) in [4.78, 5) is 30.1. The Labute approximate surface area is 206 Å². The van der Waals surface area contributed by atoms with Gasteiger partial charge in [0, 0.05) is 26.4 Å². The van der Waals surface area contributed by atoms with Crippen molar-refractivity contribution < 1.29 is 14.3 Å². The Morgan fingerprint density at radius 2 is 1.74 bits per heavy atom. The normalized spacial score (nSPS) is 23.9. The van der Waals surface area contributed by atoms with Crippen molar-refractivity contribution in [1.29, 1.82) is 0 Å². The number of anilines is 1. The van der Waals surface area contributed by atoms with E-state index in [0.717, 1.165) is 11.1 Å². The lowest BCUT2D eigenvalue weighted by Gasteiger charge is -2.52. The molecule has 3 atom stereocenters. The second-order valence-corrected chi connectivity index (χ2v) is 10.7. The monoisotopic (exact) mass is 495 g/mol. The zero-order chi connectivity index (χ0) is 23.9. The van der Waals surface area contributed by atoms with E-state index >= 15 is 0 Å². The van der Waals surface area contributed by atoms with E-state index in [-0.39, 0.29) is 17.8 Å². The fourth-order valence-electron chi connectivity index (χ4n) is 4.21. The van der Waals surface area contributed by atoms with Gasteiger partial charge in [0.05, 0.1) is 0 Å². The van der Waals surface area contributed by atoms with Crippen molar-refractivity contribution in [2.24, 2.45) is 5.73 Å². The second kappa shape index (κ2) is 9.01. The van der Waals surface area contributed by atoms with Gasteiger partial charge in [-0.3, -0.25) is 9.59 Å². The molecule has 1 amide bonds. The third-order valence-electron chi connectivity index (χ3n) is 6.15. The molecular formula is C24H25N5O3S2. The summed E-state index contributed by atoms with van der Waals surface area (Å²) < 4.78 is 6.26. The highest BCUT2D eigenvalue weighted by Crippen LogP contribution is 2.46. The van der Waals surface area contributed by atoms with Crippen molar-refractivity contribution in [2.75, 3.05) is 31.3 Å². The number of nitrogens with zero attached hydrogens (tertiary/aromatic N) is 4. The summed E-state index contributed by atoms with van der Waals surface area (Å²) in [7, 11) is 3.75. The fourth-order valence-corrected chi connectivity index (χ4v) is 6.72. The zero-order valence-corrected chi connectivity index (χ0v) is 20.5. The molecule has 2 fully saturated rings. The molecule has 2 unspecified atom stereocenters. The van der Waals surface area contributed by atoms with E-state index in [4.69, 9.17) is 10.5 Å². The molecule has 176 valence electrons. The second-order valence-electron chi connectivity index (χ2n) is 8.67. The van der Waals surface area contributed by atoms with Crippen molar-refractivity contribution in [3.63, 3.8) is 0 Å². The van der Waals surface area contributed by atoms with Gasteiger partial charge in [-0.1, -0.05) is 72.0 Å². The van der Waals surface area contributed by atoms with E-state index in [9.17, 15) is 9.59 Å². The SMILES string of the molecule is CN(C)c1nnc(C2(C(=O)OC(c3ccccc3)c3ccccc3)CS[C@@H]3C(N)C(=O)N3C2)s1. The van der Waals surface area contributed by atoms with Gasteiger partial charge in [0.25, 0.3) is 0 Å². The lowest BCUT2D eigenvalue weighted by atomic mass is 9.87. The largest absolute Gasteiger partial charge is 0.452 e. The van der Waals surface area contributed by atoms with Crippen LogP contribution in [0.25, 0.3) is 0 Å². The van der Waals surface area contributed by atoms with Gasteiger partial charge in [-0.25, -0.2) is 0 Å². The maximum absolute atomic E-state index is 14.0. The third kappa shape index (κ3) is 3.85. The number of nitrogens with two attached hydrogens (primary N) is 1. The van der Waals surface area contributed by atoms with Crippen molar-refractivity contribution in [2.45, 2.75) is 22.9 Å². The first-order valence-corrected chi connectivity index (χ1v) is 12.8. The summed E-state index contributed by atoms with van der Waals surface area (Å²) in [5, 5.41) is 9.73. The molecule has 8 nitrogen and oxygen atoms in total. The molecule has 2 aromatic carbocycles. The zero-order valence-electron chi connectivity index (χ0n) is 18.8. The number of fused-ring (bicyclic) bond motifs is 1. The van der Waals surface area contributed by atoms with Crippen LogP contribution in [-0.4, -0.2) is 64.8 Å². The standard InChI is InChI=1S/C24H25N5O3S2/c1-28(2)23-27-26-21(34-23)24(13-29-19(30)17(25)20(29)33-14-24)22(31)32-18(15-9-5-3-6-10-15)16-11-7-4-8-12-16/h3-12,17-18,20H,13-14,25H2,1-2H3/t17?,20-,24?/m1/s1. The fraction of sp³-hybridized carbons (Fsp3) is 0.333. The number of carbonyl (C=O) groups excluding carboxylic acids is 2. The number of hydrogen-bond donors (Lipinski definition) is 1. The third-order valence-corrected chi connectivity index (χ3v) is 8.99. The first-order valence-electron chi connectivity index (χ1n) is 10.9. The van der Waals surface area contributed by atoms with Gasteiger partial charge in [0.15, 0.2) is 6.10 Å². The van der Waals surface area contributed by atoms with Gasteiger partial charge in [0.1, 0.15) is 21.8 Å². The van der Waals surface area contributed by atoms with Gasteiger partial charge in [0.2, 0.25) is 11.0 Å². The summed E-state index contributed by atoms with van der Waals surface area (Å²) in [6, 6.07) is 18.8. The Morgan fingerprint density at radius 1 is 1.12 bits per heavy atom. The van der Waals surface area contributed by atoms with Crippen LogP contribution in [0, 0.1) is 0 Å². The molecule has 3 heterocycles. The summed E-state index contributed by atoms with van der Waals surface area (Å²) >= 11 is 2.84. The van der Waals surface area contributed by atoms with Crippen LogP contribution in [0.5, 0.6) is 0 Å². The van der Waals surface area contributed by atoms with Gasteiger partial charge in [-0.2, -0.15) is 0 Å². The molecule has 2 aliphatic heterocycles. The molecule has 0 spiro atoms. The number of rotatable bonds is 6. The predicted octanol–water partition coefficient (Wildman–Crippen LogP) is 2.42. The molecule has 0 saturated carbocycles. The average molecular weight is 496 g/mol. The lowest BCUT2D eigenvalue weighted by molar-refractivity contribution is -0.159. The van der Waals surface area contributed by atoms with E-state index in [1.165, 1.54) is 23.1 Å². The molecule has 34 heavy (non-hydrogen) atoms. The first-order chi connectivity index (χ1) is 16.4. The molecule has 0 aliphatic carbocycles. The van der Waals surface area contributed by atoms with E-state index in [2.05, 4.69) is 10.2 Å². The molecule has 1 aromatic heterocycles. The molecule has 0 bridgehead atoms. The van der Waals surface area contributed by atoms with Gasteiger partial charge < -0.3 is 20.3 Å². The van der Waals surface area contributed by atoms with E-state index < -0.39 is 23.5 Å². The Morgan fingerprint density at radius 3 is 2.29 bits per heavy atom. The van der Waals surface area contributed by atoms with Crippen molar-refractivity contribution in [3.8, 4) is 0 Å². The van der Waals surface area contributed by atoms with E-state index in [0.29, 0.717) is 15.9 Å². The van der Waals surface area contributed by atoms with Crippen LogP contribution in [0.3, 0.4) is 0 Å². The maximum Gasteiger partial charge on any atom is 0.322 e. The summed E-state index contributed by atoms with van der Waals surface area (Å²) in [6.45, 7) is 0.175. The number of thioether (sulfide) groups is 1. The van der Waals surface area contributed by atoms with Crippen LogP contribution in [0.4, 0.5) is 5.13 Å². The molecule has 2 aliphatic rings. The highest BCUT2D eigenvalue weighted by molar-refractivity contribution is 8.00. The lowest BCUT2D eigenvalue weighted by Crippen LogP contribution is -2.73. The minimum Gasteiger partial charge on any atom is -0.452 e. The molecule has 2 saturated heterocycles. The highest BCUT2D eigenvalue weighted by atomic mass is 32.2. The topological polar surface area (TPSA) is 102 Å². The van der Waals surface area contributed by atoms with E-state index in [1.807, 2.05) is 79.7 Å². The molecule has 5 rings (SSSR count). The number of aromatic nitrogens is 2. The summed E-state index contributed by atoms with van der Waals surface area (Å²) in [5.41, 5.74) is 6.60. The Balaban J connectivity index is 1.53. The van der Waals surface area contributed by atoms with Gasteiger partial charge >= 0.3 is 5.97 Å². The Hall–Kier alpha value is -2.95. The highest BCUT2D eigenvalue weighted by Gasteiger charge is 2.58. The molecule has 3 aromatic rings. The van der Waals surface area contributed by atoms with Crippen LogP contribution < -0.4 is 10.6 Å². The summed E-state index contributed by atoms with van der Waals surface area (Å²) in [5.74, 6) is -0.174. The number of β-lactam (4-membered cyclic amide) rings is 1. The number of carbonyl (C=O) groups is 2. The van der Waals surface area contributed by atoms with Crippen LogP contribution in [0.15, 0.2) is 60.7 Å². The number of amides is 1. The molecular weight excluding hydrogens is 470 g/mol. The number of esters is 1. The molecule has 2 N–H and O–H groups in total. The first kappa shape index (κ1) is 22.8. The van der Waals surface area contributed by atoms with Crippen LogP contribution in [0.1, 0.15) is 22.2 Å². The number of hydrogen-bond acceptors (Lipinski definition) is 9. The van der Waals surface area contributed by atoms with Crippen molar-refractivity contribution in [3.05, 3.63) is 76.8 Å². The van der Waals surface area contributed by atoms with Gasteiger partial charge in [-0.15, -0.1) is 22.0 Å². The minimum atomic E-state index is -1.13. The van der Waals surface area contributed by atoms with Gasteiger partial charge in [-0.05, 0) is 11.1 Å². The van der Waals surface area contributed by atoms with Crippen LogP contribution >= 0.6 is 23.1 Å². The minimum absolute atomic E-state index is 0.131.